The van der Waals surface area contributed by atoms with Crippen LogP contribution in [0.3, 0.4) is 0 Å². The minimum Gasteiger partial charge on any atom is -0.411 e. The van der Waals surface area contributed by atoms with E-state index in [0.717, 1.165) is 5.56 Å². The summed E-state index contributed by atoms with van der Waals surface area (Å²) in [4.78, 5) is 0. The van der Waals surface area contributed by atoms with Gasteiger partial charge in [-0.3, -0.25) is 14.1 Å². The molecule has 0 amide bonds. The molecule has 0 bridgehead atoms. The van der Waals surface area contributed by atoms with E-state index in [9.17, 15) is 4.57 Å². The van der Waals surface area contributed by atoms with Crippen LogP contribution in [0.2, 0.25) is 0 Å². The van der Waals surface area contributed by atoms with Crippen LogP contribution in [0.5, 0.6) is 0 Å². The summed E-state index contributed by atoms with van der Waals surface area (Å²) in [5.74, 6) is 0. The van der Waals surface area contributed by atoms with E-state index >= 15 is 0 Å². The zero-order chi connectivity index (χ0) is 13.4. The minimum atomic E-state index is -3.30. The summed E-state index contributed by atoms with van der Waals surface area (Å²) in [6, 6.07) is 6.82. The third-order valence-electron chi connectivity index (χ3n) is 1.98. The van der Waals surface area contributed by atoms with E-state index in [2.05, 4.69) is 10.2 Å². The topological polar surface area (TPSA) is 80.2 Å². The largest absolute Gasteiger partial charge is 0.432 e. The van der Waals surface area contributed by atoms with Crippen molar-refractivity contribution in [2.24, 2.45) is 5.16 Å². The molecule has 0 aliphatic carbocycles. The first-order chi connectivity index (χ1) is 8.63. The molecule has 100 valence electrons. The van der Waals surface area contributed by atoms with Crippen LogP contribution in [0.25, 0.3) is 0 Å². The maximum Gasteiger partial charge on any atom is 0.432 e. The van der Waals surface area contributed by atoms with Crippen LogP contribution in [-0.2, 0) is 13.6 Å². The lowest BCUT2D eigenvalue weighted by Crippen LogP contribution is -2.04. The Bertz CT molecular complexity index is 423. The van der Waals surface area contributed by atoms with Crippen molar-refractivity contribution in [1.82, 2.24) is 0 Å². The number of rotatable bonds is 7. The summed E-state index contributed by atoms with van der Waals surface area (Å²) in [6.07, 6.45) is 1.30. The zero-order valence-electron chi connectivity index (χ0n) is 10.4. The summed E-state index contributed by atoms with van der Waals surface area (Å²) in [6.45, 7) is 4.07. The smallest absolute Gasteiger partial charge is 0.411 e. The third kappa shape index (κ3) is 4.49. The average molecular weight is 272 g/mol. The highest BCUT2D eigenvalue weighted by Gasteiger charge is 2.23. The Hall–Kier alpha value is -1.36. The molecule has 0 fully saturated rings. The molecule has 1 aromatic rings. The van der Waals surface area contributed by atoms with Gasteiger partial charge < -0.3 is 5.21 Å². The second-order valence-electron chi connectivity index (χ2n) is 3.31. The number of benzene rings is 1. The number of hydrogen-bond acceptors (Lipinski definition) is 5. The van der Waals surface area contributed by atoms with E-state index in [1.54, 1.807) is 38.1 Å². The van der Waals surface area contributed by atoms with Crippen LogP contribution < -0.4 is 5.09 Å². The lowest BCUT2D eigenvalue weighted by molar-refractivity contribution is 0.225. The maximum atomic E-state index is 12.2. The average Bonchev–Trinajstić information content (AvgIpc) is 2.32. The molecule has 0 saturated heterocycles. The molecule has 7 heteroatoms. The van der Waals surface area contributed by atoms with Gasteiger partial charge in [-0.25, -0.2) is 4.57 Å². The molecule has 18 heavy (non-hydrogen) atoms. The molecule has 2 N–H and O–H groups in total. The predicted molar refractivity (Wildman–Crippen MR) is 70.3 cm³/mol. The first kappa shape index (κ1) is 14.7. The fourth-order valence-electron chi connectivity index (χ4n) is 1.31. The third-order valence-corrected chi connectivity index (χ3v) is 3.71. The van der Waals surface area contributed by atoms with Crippen LogP contribution >= 0.6 is 7.75 Å². The highest BCUT2D eigenvalue weighted by atomic mass is 31.2. The molecule has 0 aromatic heterocycles. The van der Waals surface area contributed by atoms with Gasteiger partial charge in [-0.05, 0) is 31.5 Å². The summed E-state index contributed by atoms with van der Waals surface area (Å²) >= 11 is 0. The van der Waals surface area contributed by atoms with Crippen LogP contribution in [0.1, 0.15) is 19.4 Å². The van der Waals surface area contributed by atoms with E-state index in [4.69, 9.17) is 14.3 Å². The lowest BCUT2D eigenvalue weighted by Gasteiger charge is -2.18. The second kappa shape index (κ2) is 7.16. The Kier molecular flexibility index (Phi) is 5.85. The SMILES string of the molecule is CCOP(=O)(Nc1ccc(/C=N/O)cc1)OCC. The molecule has 0 heterocycles. The van der Waals surface area contributed by atoms with E-state index in [1.807, 2.05) is 0 Å². The normalized spacial score (nSPS) is 11.9. The second-order valence-corrected chi connectivity index (χ2v) is 5.05. The van der Waals surface area contributed by atoms with Crippen molar-refractivity contribution in [2.75, 3.05) is 18.3 Å². The van der Waals surface area contributed by atoms with E-state index in [-0.39, 0.29) is 0 Å². The molecule has 0 atom stereocenters. The summed E-state index contributed by atoms with van der Waals surface area (Å²) in [5.41, 5.74) is 1.33. The highest BCUT2D eigenvalue weighted by molar-refractivity contribution is 7.55. The van der Waals surface area contributed by atoms with Gasteiger partial charge >= 0.3 is 7.75 Å². The Balaban J connectivity index is 2.78. The van der Waals surface area contributed by atoms with Gasteiger partial charge in [0.15, 0.2) is 0 Å². The van der Waals surface area contributed by atoms with Gasteiger partial charge in [0.1, 0.15) is 0 Å². The van der Waals surface area contributed by atoms with Crippen molar-refractivity contribution in [2.45, 2.75) is 13.8 Å². The monoisotopic (exact) mass is 272 g/mol. The van der Waals surface area contributed by atoms with Gasteiger partial charge in [-0.2, -0.15) is 0 Å². The molecule has 0 radical (unpaired) electrons. The fourth-order valence-corrected chi connectivity index (χ4v) is 2.66. The number of oxime groups is 1. The number of nitrogens with zero attached hydrogens (tertiary/aromatic N) is 1. The minimum absolute atomic E-state index is 0.291. The highest BCUT2D eigenvalue weighted by Crippen LogP contribution is 2.47. The van der Waals surface area contributed by atoms with E-state index < -0.39 is 7.75 Å². The molecule has 0 saturated carbocycles. The van der Waals surface area contributed by atoms with Crippen molar-refractivity contribution in [1.29, 1.82) is 0 Å². The Morgan fingerprint density at radius 1 is 1.28 bits per heavy atom. The molecule has 1 rings (SSSR count). The molecular formula is C11H17N2O4P. The number of hydrogen-bond donors (Lipinski definition) is 2. The predicted octanol–water partition coefficient (Wildman–Crippen LogP) is 3.09. The van der Waals surface area contributed by atoms with Crippen LogP contribution in [0, 0.1) is 0 Å². The van der Waals surface area contributed by atoms with Gasteiger partial charge in [-0.15, -0.1) is 0 Å². The van der Waals surface area contributed by atoms with Gasteiger partial charge in [0, 0.05) is 5.69 Å². The van der Waals surface area contributed by atoms with Gasteiger partial charge in [0.05, 0.1) is 19.4 Å². The molecule has 0 spiro atoms. The van der Waals surface area contributed by atoms with Crippen molar-refractivity contribution in [3.05, 3.63) is 29.8 Å². The van der Waals surface area contributed by atoms with Crippen LogP contribution in [-0.4, -0.2) is 24.6 Å². The molecule has 6 nitrogen and oxygen atoms in total. The molecule has 0 unspecified atom stereocenters. The van der Waals surface area contributed by atoms with Gasteiger partial charge in [0.2, 0.25) is 0 Å². The Morgan fingerprint density at radius 3 is 2.28 bits per heavy atom. The molecule has 0 aliphatic rings. The maximum absolute atomic E-state index is 12.2. The van der Waals surface area contributed by atoms with Gasteiger partial charge in [0.25, 0.3) is 0 Å². The molecule has 1 aromatic carbocycles. The van der Waals surface area contributed by atoms with Crippen LogP contribution in [0.15, 0.2) is 29.4 Å². The van der Waals surface area contributed by atoms with Crippen molar-refractivity contribution < 1.29 is 18.8 Å². The zero-order valence-corrected chi connectivity index (χ0v) is 11.3. The fraction of sp³-hybridized carbons (Fsp3) is 0.364. The van der Waals surface area contributed by atoms with Crippen molar-refractivity contribution >= 4 is 19.6 Å². The Labute approximate surface area is 106 Å². The Morgan fingerprint density at radius 2 is 1.83 bits per heavy atom. The van der Waals surface area contributed by atoms with Gasteiger partial charge in [-0.1, -0.05) is 17.3 Å². The summed E-state index contributed by atoms with van der Waals surface area (Å²) < 4.78 is 22.4. The summed E-state index contributed by atoms with van der Waals surface area (Å²) in [7, 11) is -3.30. The van der Waals surface area contributed by atoms with E-state index in [1.165, 1.54) is 6.21 Å². The molecular weight excluding hydrogens is 255 g/mol. The standard InChI is InChI=1S/C11H17N2O4P/c1-3-16-18(15,17-4-2)13-11-7-5-10(6-8-11)9-12-14/h5-9,14H,3-4H2,1-2H3,(H,13,15)/b12-9+. The first-order valence-corrected chi connectivity index (χ1v) is 7.12. The van der Waals surface area contributed by atoms with Crippen molar-refractivity contribution in [3.8, 4) is 0 Å². The van der Waals surface area contributed by atoms with Crippen molar-refractivity contribution in [3.63, 3.8) is 0 Å². The first-order valence-electron chi connectivity index (χ1n) is 5.58. The number of anilines is 1. The summed E-state index contributed by atoms with van der Waals surface area (Å²) in [5, 5.41) is 14.0. The quantitative estimate of drug-likeness (QED) is 0.345. The number of nitrogens with one attached hydrogen (secondary N) is 1. The van der Waals surface area contributed by atoms with Crippen LogP contribution in [0.4, 0.5) is 5.69 Å². The lowest BCUT2D eigenvalue weighted by atomic mass is 10.2. The molecule has 0 aliphatic heterocycles. The van der Waals surface area contributed by atoms with E-state index in [0.29, 0.717) is 18.9 Å².